The van der Waals surface area contributed by atoms with Crippen molar-refractivity contribution in [2.75, 3.05) is 26.7 Å². The van der Waals surface area contributed by atoms with Crippen LogP contribution in [-0.2, 0) is 6.54 Å². The fraction of sp³-hybridized carbons (Fsp3) is 0.667. The second-order valence-corrected chi connectivity index (χ2v) is 7.87. The van der Waals surface area contributed by atoms with Gasteiger partial charge in [0.25, 0.3) is 0 Å². The zero-order chi connectivity index (χ0) is 14.3. The number of nitrogens with zero attached hydrogens (tertiary/aromatic N) is 2. The minimum Gasteiger partial charge on any atom is -0.306 e. The topological polar surface area (TPSA) is 6.48 Å². The highest BCUT2D eigenvalue weighted by atomic mass is 15.3. The third-order valence-corrected chi connectivity index (χ3v) is 5.06. The number of fused-ring (bicyclic) bond motifs is 1. The van der Waals surface area contributed by atoms with Crippen LogP contribution in [0.2, 0.25) is 0 Å². The largest absolute Gasteiger partial charge is 0.306 e. The first-order valence-electron chi connectivity index (χ1n) is 7.91. The summed E-state index contributed by atoms with van der Waals surface area (Å²) in [6, 6.07) is 11.7. The molecule has 0 unspecified atom stereocenters. The Kier molecular flexibility index (Phi) is 3.64. The maximum Gasteiger partial charge on any atom is 0.0237 e. The van der Waals surface area contributed by atoms with Crippen molar-refractivity contribution in [3.63, 3.8) is 0 Å². The van der Waals surface area contributed by atoms with Gasteiger partial charge in [-0.1, -0.05) is 51.1 Å². The van der Waals surface area contributed by atoms with Crippen LogP contribution in [0.25, 0.3) is 0 Å². The van der Waals surface area contributed by atoms with Crippen molar-refractivity contribution in [3.05, 3.63) is 35.9 Å². The molecule has 0 saturated carbocycles. The molecule has 2 fully saturated rings. The highest BCUT2D eigenvalue weighted by Gasteiger charge is 2.49. The molecule has 0 amide bonds. The summed E-state index contributed by atoms with van der Waals surface area (Å²) in [6.07, 6.45) is 0. The maximum atomic E-state index is 2.75. The lowest BCUT2D eigenvalue weighted by Crippen LogP contribution is -2.44. The maximum absolute atomic E-state index is 2.75. The Morgan fingerprint density at radius 2 is 1.75 bits per heavy atom. The lowest BCUT2D eigenvalue weighted by molar-refractivity contribution is 0.0981. The highest BCUT2D eigenvalue weighted by molar-refractivity contribution is 5.16. The molecule has 0 N–H and O–H groups in total. The number of rotatable bonds is 2. The van der Waals surface area contributed by atoms with Gasteiger partial charge in [-0.2, -0.15) is 0 Å². The van der Waals surface area contributed by atoms with Crippen molar-refractivity contribution in [2.24, 2.45) is 17.3 Å². The first-order chi connectivity index (χ1) is 9.45. The second-order valence-electron chi connectivity index (χ2n) is 7.87. The van der Waals surface area contributed by atoms with Crippen LogP contribution < -0.4 is 0 Å². The minimum atomic E-state index is 0.360. The van der Waals surface area contributed by atoms with Gasteiger partial charge < -0.3 is 4.90 Å². The monoisotopic (exact) mass is 272 g/mol. The van der Waals surface area contributed by atoms with E-state index in [-0.39, 0.29) is 0 Å². The predicted octanol–water partition coefficient (Wildman–Crippen LogP) is 3.09. The molecular formula is C18H28N2. The molecule has 2 aliphatic rings. The van der Waals surface area contributed by atoms with Crippen LogP contribution in [0.1, 0.15) is 26.3 Å². The van der Waals surface area contributed by atoms with Gasteiger partial charge in [0, 0.05) is 32.2 Å². The normalized spacial score (nSPS) is 31.7. The lowest BCUT2D eigenvalue weighted by Gasteiger charge is -2.38. The molecule has 2 aliphatic heterocycles. The van der Waals surface area contributed by atoms with E-state index < -0.39 is 0 Å². The summed E-state index contributed by atoms with van der Waals surface area (Å²) in [5.41, 5.74) is 1.81. The highest BCUT2D eigenvalue weighted by Crippen LogP contribution is 2.43. The van der Waals surface area contributed by atoms with Crippen LogP contribution >= 0.6 is 0 Å². The van der Waals surface area contributed by atoms with Crippen molar-refractivity contribution in [3.8, 4) is 0 Å². The van der Waals surface area contributed by atoms with E-state index >= 15 is 0 Å². The quantitative estimate of drug-likeness (QED) is 0.816. The van der Waals surface area contributed by atoms with Crippen LogP contribution in [0.5, 0.6) is 0 Å². The molecule has 0 aliphatic carbocycles. The third-order valence-electron chi connectivity index (χ3n) is 5.06. The number of hydrogen-bond acceptors (Lipinski definition) is 2. The van der Waals surface area contributed by atoms with Crippen molar-refractivity contribution < 1.29 is 0 Å². The lowest BCUT2D eigenvalue weighted by atomic mass is 9.77. The molecular weight excluding hydrogens is 244 g/mol. The molecule has 110 valence electrons. The van der Waals surface area contributed by atoms with Gasteiger partial charge in [0.05, 0.1) is 0 Å². The third kappa shape index (κ3) is 2.64. The van der Waals surface area contributed by atoms with Gasteiger partial charge in [0.2, 0.25) is 0 Å². The number of hydrogen-bond donors (Lipinski definition) is 0. The number of likely N-dealkylation sites (tertiary alicyclic amines) is 2. The molecule has 1 aromatic carbocycles. The zero-order valence-corrected chi connectivity index (χ0v) is 13.3. The number of benzene rings is 1. The van der Waals surface area contributed by atoms with E-state index in [9.17, 15) is 0 Å². The Hall–Kier alpha value is -0.860. The van der Waals surface area contributed by atoms with Gasteiger partial charge in [-0.25, -0.2) is 0 Å². The van der Waals surface area contributed by atoms with Crippen LogP contribution in [-0.4, -0.2) is 42.5 Å². The van der Waals surface area contributed by atoms with Gasteiger partial charge in [-0.3, -0.25) is 4.90 Å². The van der Waals surface area contributed by atoms with E-state index in [0.29, 0.717) is 11.5 Å². The van der Waals surface area contributed by atoms with Gasteiger partial charge in [0.15, 0.2) is 0 Å². The van der Waals surface area contributed by atoms with E-state index in [1.54, 1.807) is 0 Å². The van der Waals surface area contributed by atoms with Crippen molar-refractivity contribution >= 4 is 0 Å². The van der Waals surface area contributed by atoms with Gasteiger partial charge in [-0.05, 0) is 29.9 Å². The molecule has 20 heavy (non-hydrogen) atoms. The molecule has 0 spiro atoms. The van der Waals surface area contributed by atoms with Crippen LogP contribution in [0, 0.1) is 17.3 Å². The Balaban J connectivity index is 1.80. The molecule has 0 aromatic heterocycles. The SMILES string of the molecule is CN1C[C@@H]2CN(Cc3ccccc3)[C@H](C(C)(C)C)[C@H]2C1. The Bertz CT molecular complexity index is 448. The molecule has 2 heteroatoms. The van der Waals surface area contributed by atoms with Gasteiger partial charge in [0.1, 0.15) is 0 Å². The summed E-state index contributed by atoms with van der Waals surface area (Å²) in [5.74, 6) is 1.72. The molecule has 3 rings (SSSR count). The Morgan fingerprint density at radius 1 is 1.05 bits per heavy atom. The minimum absolute atomic E-state index is 0.360. The van der Waals surface area contributed by atoms with Crippen LogP contribution in [0.4, 0.5) is 0 Å². The Labute approximate surface area is 123 Å². The summed E-state index contributed by atoms with van der Waals surface area (Å²) in [4.78, 5) is 5.27. The van der Waals surface area contributed by atoms with E-state index in [1.807, 2.05) is 0 Å². The molecule has 3 atom stereocenters. The summed E-state index contributed by atoms with van der Waals surface area (Å²) in [5, 5.41) is 0. The molecule has 0 radical (unpaired) electrons. The smallest absolute Gasteiger partial charge is 0.0237 e. The van der Waals surface area contributed by atoms with Crippen molar-refractivity contribution in [1.29, 1.82) is 0 Å². The average Bonchev–Trinajstić information content (AvgIpc) is 2.84. The molecule has 0 bridgehead atoms. The molecule has 2 saturated heterocycles. The predicted molar refractivity (Wildman–Crippen MR) is 84.6 cm³/mol. The fourth-order valence-corrected chi connectivity index (χ4v) is 4.53. The van der Waals surface area contributed by atoms with Crippen LogP contribution in [0.3, 0.4) is 0 Å². The van der Waals surface area contributed by atoms with E-state index in [0.717, 1.165) is 18.4 Å². The standard InChI is InChI=1S/C18H28N2/c1-18(2,3)17-16-13-19(4)11-15(16)12-20(17)10-14-8-6-5-7-9-14/h5-9,15-17H,10-13H2,1-4H3/t15-,16+,17+/m1/s1. The molecule has 1 aromatic rings. The first-order valence-corrected chi connectivity index (χ1v) is 7.91. The van der Waals surface area contributed by atoms with Crippen LogP contribution in [0.15, 0.2) is 30.3 Å². The Morgan fingerprint density at radius 3 is 2.40 bits per heavy atom. The van der Waals surface area contributed by atoms with Gasteiger partial charge >= 0.3 is 0 Å². The summed E-state index contributed by atoms with van der Waals surface area (Å²) >= 11 is 0. The van der Waals surface area contributed by atoms with Gasteiger partial charge in [-0.15, -0.1) is 0 Å². The first kappa shape index (κ1) is 14.1. The summed E-state index contributed by atoms with van der Waals surface area (Å²) < 4.78 is 0. The average molecular weight is 272 g/mol. The zero-order valence-electron chi connectivity index (χ0n) is 13.3. The summed E-state index contributed by atoms with van der Waals surface area (Å²) in [6.45, 7) is 12.2. The van der Waals surface area contributed by atoms with Crippen molar-refractivity contribution in [1.82, 2.24) is 9.80 Å². The molecule has 2 nitrogen and oxygen atoms in total. The van der Waals surface area contributed by atoms with E-state index in [1.165, 1.54) is 25.2 Å². The van der Waals surface area contributed by atoms with E-state index in [2.05, 4.69) is 68.0 Å². The van der Waals surface area contributed by atoms with E-state index in [4.69, 9.17) is 0 Å². The molecule has 2 heterocycles. The van der Waals surface area contributed by atoms with Crippen molar-refractivity contribution in [2.45, 2.75) is 33.4 Å². The fourth-order valence-electron chi connectivity index (χ4n) is 4.53. The summed E-state index contributed by atoms with van der Waals surface area (Å²) in [7, 11) is 2.28. The second kappa shape index (κ2) is 5.16.